The Balaban J connectivity index is 2.18. The van der Waals surface area contributed by atoms with Crippen molar-refractivity contribution in [2.75, 3.05) is 27.4 Å². The second-order valence-electron chi connectivity index (χ2n) is 3.68. The maximum Gasteiger partial charge on any atom is 0.277 e. The number of carbonyl (C=O) groups is 1. The highest BCUT2D eigenvalue weighted by Gasteiger charge is 2.20. The van der Waals surface area contributed by atoms with E-state index in [1.165, 1.54) is 12.2 Å². The summed E-state index contributed by atoms with van der Waals surface area (Å²) in [5, 5.41) is 1.18. The van der Waals surface area contributed by atoms with E-state index in [1.54, 1.807) is 25.2 Å². The van der Waals surface area contributed by atoms with Crippen molar-refractivity contribution in [1.82, 2.24) is 5.06 Å². The second kappa shape index (κ2) is 5.27. The Morgan fingerprint density at radius 2 is 2.12 bits per heavy atom. The van der Waals surface area contributed by atoms with Crippen molar-refractivity contribution in [2.45, 2.75) is 6.29 Å². The lowest BCUT2D eigenvalue weighted by atomic mass is 10.1. The minimum absolute atomic E-state index is 0.202. The molecule has 0 unspecified atom stereocenters. The second-order valence-corrected chi connectivity index (χ2v) is 3.68. The molecule has 0 radical (unpaired) electrons. The third-order valence-corrected chi connectivity index (χ3v) is 2.59. The molecular weight excluding hydrogens is 222 g/mol. The third-order valence-electron chi connectivity index (χ3n) is 2.59. The zero-order chi connectivity index (χ0) is 12.3. The Kier molecular flexibility index (Phi) is 3.73. The average molecular weight is 237 g/mol. The summed E-state index contributed by atoms with van der Waals surface area (Å²) in [4.78, 5) is 16.7. The molecule has 0 spiro atoms. The quantitative estimate of drug-likeness (QED) is 0.745. The standard InChI is InChI=1S/C12H15NO4/c1-13(15-2)11(14)9-4-3-5-10(8-9)12-16-6-7-17-12/h3-5,8,12H,6-7H2,1-2H3. The fourth-order valence-electron chi connectivity index (χ4n) is 1.63. The molecule has 1 saturated heterocycles. The van der Waals surface area contributed by atoms with Gasteiger partial charge in [0.2, 0.25) is 0 Å². The molecule has 1 aliphatic rings. The zero-order valence-corrected chi connectivity index (χ0v) is 9.88. The van der Waals surface area contributed by atoms with E-state index in [2.05, 4.69) is 0 Å². The van der Waals surface area contributed by atoms with Crippen LogP contribution >= 0.6 is 0 Å². The van der Waals surface area contributed by atoms with E-state index in [-0.39, 0.29) is 12.2 Å². The van der Waals surface area contributed by atoms with Crippen LogP contribution in [0.5, 0.6) is 0 Å². The van der Waals surface area contributed by atoms with Crippen molar-refractivity contribution in [2.24, 2.45) is 0 Å². The zero-order valence-electron chi connectivity index (χ0n) is 9.88. The molecule has 5 nitrogen and oxygen atoms in total. The summed E-state index contributed by atoms with van der Waals surface area (Å²) in [6, 6.07) is 7.17. The van der Waals surface area contributed by atoms with Gasteiger partial charge in [-0.3, -0.25) is 9.63 Å². The van der Waals surface area contributed by atoms with Gasteiger partial charge in [-0.15, -0.1) is 0 Å². The summed E-state index contributed by atoms with van der Waals surface area (Å²) >= 11 is 0. The van der Waals surface area contributed by atoms with Crippen LogP contribution in [-0.2, 0) is 14.3 Å². The van der Waals surface area contributed by atoms with Gasteiger partial charge in [-0.1, -0.05) is 12.1 Å². The number of hydrogen-bond donors (Lipinski definition) is 0. The lowest BCUT2D eigenvalue weighted by Gasteiger charge is -2.15. The van der Waals surface area contributed by atoms with E-state index in [0.29, 0.717) is 18.8 Å². The normalized spacial score (nSPS) is 16.1. The number of carbonyl (C=O) groups excluding carboxylic acids is 1. The molecule has 1 fully saturated rings. The van der Waals surface area contributed by atoms with Crippen molar-refractivity contribution >= 4 is 5.91 Å². The molecule has 2 rings (SSSR count). The van der Waals surface area contributed by atoms with Gasteiger partial charge in [0, 0.05) is 18.2 Å². The number of benzene rings is 1. The molecule has 1 heterocycles. The van der Waals surface area contributed by atoms with Crippen LogP contribution in [0.4, 0.5) is 0 Å². The van der Waals surface area contributed by atoms with Crippen LogP contribution in [0.25, 0.3) is 0 Å². The van der Waals surface area contributed by atoms with E-state index in [4.69, 9.17) is 14.3 Å². The summed E-state index contributed by atoms with van der Waals surface area (Å²) in [6.45, 7) is 1.17. The molecule has 1 aromatic carbocycles. The maximum absolute atomic E-state index is 11.9. The van der Waals surface area contributed by atoms with E-state index < -0.39 is 0 Å². The minimum Gasteiger partial charge on any atom is -0.346 e. The molecule has 92 valence electrons. The van der Waals surface area contributed by atoms with Gasteiger partial charge in [-0.2, -0.15) is 0 Å². The molecule has 0 saturated carbocycles. The molecule has 0 aliphatic carbocycles. The van der Waals surface area contributed by atoms with Crippen molar-refractivity contribution in [1.29, 1.82) is 0 Å². The summed E-state index contributed by atoms with van der Waals surface area (Å²) in [7, 11) is 3.02. The summed E-state index contributed by atoms with van der Waals surface area (Å²) in [5.74, 6) is -0.202. The smallest absolute Gasteiger partial charge is 0.277 e. The molecule has 0 N–H and O–H groups in total. The molecule has 0 atom stereocenters. The maximum atomic E-state index is 11.9. The number of rotatable bonds is 3. The molecule has 17 heavy (non-hydrogen) atoms. The number of hydroxylamine groups is 2. The van der Waals surface area contributed by atoms with Crippen molar-refractivity contribution in [3.63, 3.8) is 0 Å². The summed E-state index contributed by atoms with van der Waals surface area (Å²) < 4.78 is 10.8. The van der Waals surface area contributed by atoms with Crippen LogP contribution in [-0.4, -0.2) is 38.3 Å². The van der Waals surface area contributed by atoms with Crippen molar-refractivity contribution < 1.29 is 19.1 Å². The first-order valence-electron chi connectivity index (χ1n) is 5.37. The molecule has 1 aromatic rings. The predicted molar refractivity (Wildman–Crippen MR) is 60.2 cm³/mol. The molecular formula is C12H15NO4. The number of nitrogens with zero attached hydrogens (tertiary/aromatic N) is 1. The first kappa shape index (κ1) is 12.0. The van der Waals surface area contributed by atoms with Gasteiger partial charge < -0.3 is 9.47 Å². The van der Waals surface area contributed by atoms with Crippen LogP contribution in [0.15, 0.2) is 24.3 Å². The fraction of sp³-hybridized carbons (Fsp3) is 0.417. The Hall–Kier alpha value is -1.43. The Morgan fingerprint density at radius 3 is 2.76 bits per heavy atom. The lowest BCUT2D eigenvalue weighted by molar-refractivity contribution is -0.0757. The van der Waals surface area contributed by atoms with E-state index in [0.717, 1.165) is 5.56 Å². The van der Waals surface area contributed by atoms with Gasteiger partial charge >= 0.3 is 0 Å². The van der Waals surface area contributed by atoms with Gasteiger partial charge in [0.05, 0.1) is 20.3 Å². The number of amides is 1. The van der Waals surface area contributed by atoms with Gasteiger partial charge in [-0.25, -0.2) is 5.06 Å². The monoisotopic (exact) mass is 237 g/mol. The Morgan fingerprint density at radius 1 is 1.41 bits per heavy atom. The summed E-state index contributed by atoms with van der Waals surface area (Å²) in [5.41, 5.74) is 1.39. The molecule has 5 heteroatoms. The van der Waals surface area contributed by atoms with Crippen LogP contribution in [0.2, 0.25) is 0 Å². The first-order chi connectivity index (χ1) is 8.22. The highest BCUT2D eigenvalue weighted by atomic mass is 16.7. The van der Waals surface area contributed by atoms with Gasteiger partial charge in [0.25, 0.3) is 5.91 Å². The molecule has 1 aliphatic heterocycles. The first-order valence-corrected chi connectivity index (χ1v) is 5.37. The topological polar surface area (TPSA) is 48.0 Å². The molecule has 1 amide bonds. The van der Waals surface area contributed by atoms with Gasteiger partial charge in [0.1, 0.15) is 0 Å². The largest absolute Gasteiger partial charge is 0.346 e. The number of hydrogen-bond acceptors (Lipinski definition) is 4. The molecule has 0 aromatic heterocycles. The van der Waals surface area contributed by atoms with Crippen LogP contribution in [0.1, 0.15) is 22.2 Å². The highest BCUT2D eigenvalue weighted by Crippen LogP contribution is 2.24. The van der Waals surface area contributed by atoms with Crippen molar-refractivity contribution in [3.8, 4) is 0 Å². The predicted octanol–water partition coefficient (Wildman–Crippen LogP) is 1.37. The van der Waals surface area contributed by atoms with E-state index in [9.17, 15) is 4.79 Å². The van der Waals surface area contributed by atoms with Gasteiger partial charge in [-0.05, 0) is 12.1 Å². The fourth-order valence-corrected chi connectivity index (χ4v) is 1.63. The third kappa shape index (κ3) is 2.63. The Labute approximate surface area is 99.8 Å². The summed E-state index contributed by atoms with van der Waals surface area (Å²) in [6.07, 6.45) is -0.365. The number of ether oxygens (including phenoxy) is 2. The minimum atomic E-state index is -0.365. The highest BCUT2D eigenvalue weighted by molar-refractivity contribution is 5.93. The van der Waals surface area contributed by atoms with Crippen molar-refractivity contribution in [3.05, 3.63) is 35.4 Å². The van der Waals surface area contributed by atoms with E-state index in [1.807, 2.05) is 6.07 Å². The van der Waals surface area contributed by atoms with Crippen LogP contribution < -0.4 is 0 Å². The Bertz CT molecular complexity index is 401. The van der Waals surface area contributed by atoms with Gasteiger partial charge in [0.15, 0.2) is 6.29 Å². The molecule has 0 bridgehead atoms. The lowest BCUT2D eigenvalue weighted by Crippen LogP contribution is -2.25. The average Bonchev–Trinajstić information content (AvgIpc) is 2.91. The SMILES string of the molecule is CON(C)C(=O)c1cccc(C2OCCO2)c1. The van der Waals surface area contributed by atoms with Crippen LogP contribution in [0.3, 0.4) is 0 Å². The van der Waals surface area contributed by atoms with E-state index >= 15 is 0 Å². The van der Waals surface area contributed by atoms with Crippen LogP contribution in [0, 0.1) is 0 Å².